The van der Waals surface area contributed by atoms with Crippen LogP contribution in [0.3, 0.4) is 0 Å². The summed E-state index contributed by atoms with van der Waals surface area (Å²) in [6, 6.07) is 12.7. The van der Waals surface area contributed by atoms with Crippen molar-refractivity contribution in [2.24, 2.45) is 0 Å². The monoisotopic (exact) mass is 332 g/mol. The van der Waals surface area contributed by atoms with Crippen molar-refractivity contribution >= 4 is 21.6 Å². The van der Waals surface area contributed by atoms with E-state index in [1.165, 1.54) is 0 Å². The van der Waals surface area contributed by atoms with Gasteiger partial charge < -0.3 is 15.2 Å². The highest BCUT2D eigenvalue weighted by atomic mass is 79.9. The molecule has 0 atom stereocenters. The molecule has 0 unspecified atom stereocenters. The number of anilines is 1. The molecule has 2 N–H and O–H groups in total. The molecule has 0 aliphatic carbocycles. The van der Waals surface area contributed by atoms with Crippen molar-refractivity contribution in [2.45, 2.75) is 6.61 Å². The van der Waals surface area contributed by atoms with Crippen molar-refractivity contribution < 1.29 is 9.47 Å². The molecular formula is C15H13BrN2O2. The molecule has 5 heteroatoms. The summed E-state index contributed by atoms with van der Waals surface area (Å²) < 4.78 is 11.9. The summed E-state index contributed by atoms with van der Waals surface area (Å²) >= 11 is 3.41. The Bertz CT molecular complexity index is 665. The number of rotatable bonds is 4. The number of hydrogen-bond donors (Lipinski definition) is 1. The van der Waals surface area contributed by atoms with Crippen LogP contribution in [0.1, 0.15) is 11.1 Å². The zero-order valence-electron chi connectivity index (χ0n) is 10.9. The van der Waals surface area contributed by atoms with Crippen molar-refractivity contribution in [3.8, 4) is 17.6 Å². The van der Waals surface area contributed by atoms with Gasteiger partial charge in [0.15, 0.2) is 0 Å². The van der Waals surface area contributed by atoms with Gasteiger partial charge in [-0.05, 0) is 36.4 Å². The molecule has 0 aromatic heterocycles. The van der Waals surface area contributed by atoms with Crippen molar-refractivity contribution in [2.75, 3.05) is 12.8 Å². The lowest BCUT2D eigenvalue weighted by Gasteiger charge is -2.12. The Morgan fingerprint density at radius 1 is 1.20 bits per heavy atom. The Hall–Kier alpha value is -2.19. The van der Waals surface area contributed by atoms with Crippen LogP contribution in [-0.4, -0.2) is 7.11 Å². The molecule has 0 spiro atoms. The van der Waals surface area contributed by atoms with Crippen LogP contribution in [0.5, 0.6) is 11.5 Å². The van der Waals surface area contributed by atoms with E-state index in [1.54, 1.807) is 25.3 Å². The zero-order valence-corrected chi connectivity index (χ0v) is 12.5. The predicted molar refractivity (Wildman–Crippen MR) is 80.6 cm³/mol. The van der Waals surface area contributed by atoms with Gasteiger partial charge in [-0.1, -0.05) is 15.9 Å². The number of halogens is 1. The van der Waals surface area contributed by atoms with Crippen molar-refractivity contribution in [3.63, 3.8) is 0 Å². The number of nitriles is 1. The first kappa shape index (κ1) is 14.2. The normalized spacial score (nSPS) is 9.85. The summed E-state index contributed by atoms with van der Waals surface area (Å²) in [6.45, 7) is 0.332. The third-order valence-electron chi connectivity index (χ3n) is 2.76. The highest BCUT2D eigenvalue weighted by molar-refractivity contribution is 9.10. The molecule has 2 aromatic rings. The van der Waals surface area contributed by atoms with E-state index in [4.69, 9.17) is 20.5 Å². The van der Waals surface area contributed by atoms with Gasteiger partial charge in [0, 0.05) is 10.0 Å². The van der Waals surface area contributed by atoms with E-state index in [9.17, 15) is 0 Å². The molecule has 0 heterocycles. The van der Waals surface area contributed by atoms with Crippen LogP contribution in [0, 0.1) is 11.3 Å². The molecule has 0 saturated carbocycles. The van der Waals surface area contributed by atoms with Crippen LogP contribution in [0.2, 0.25) is 0 Å². The van der Waals surface area contributed by atoms with E-state index in [-0.39, 0.29) is 0 Å². The molecule has 0 fully saturated rings. The van der Waals surface area contributed by atoms with Gasteiger partial charge in [-0.2, -0.15) is 5.26 Å². The summed E-state index contributed by atoms with van der Waals surface area (Å²) in [7, 11) is 1.61. The van der Waals surface area contributed by atoms with Gasteiger partial charge in [-0.3, -0.25) is 0 Å². The topological polar surface area (TPSA) is 68.3 Å². The summed E-state index contributed by atoms with van der Waals surface area (Å²) in [4.78, 5) is 0. The summed E-state index contributed by atoms with van der Waals surface area (Å²) in [5.74, 6) is 1.30. The molecule has 20 heavy (non-hydrogen) atoms. The van der Waals surface area contributed by atoms with E-state index in [0.29, 0.717) is 23.6 Å². The first-order valence-electron chi connectivity index (χ1n) is 5.89. The zero-order chi connectivity index (χ0) is 14.5. The molecule has 0 saturated heterocycles. The Balaban J connectivity index is 2.17. The molecule has 0 radical (unpaired) electrons. The lowest BCUT2D eigenvalue weighted by Crippen LogP contribution is -2.01. The molecule has 2 aromatic carbocycles. The maximum atomic E-state index is 8.79. The number of benzene rings is 2. The minimum atomic E-state index is 0.332. The van der Waals surface area contributed by atoms with Crippen LogP contribution in [0.25, 0.3) is 0 Å². The highest BCUT2D eigenvalue weighted by Gasteiger charge is 2.07. The fraction of sp³-hybridized carbons (Fsp3) is 0.133. The second kappa shape index (κ2) is 6.31. The fourth-order valence-corrected chi connectivity index (χ4v) is 2.17. The molecule has 0 bridgehead atoms. The number of hydrogen-bond acceptors (Lipinski definition) is 4. The van der Waals surface area contributed by atoms with E-state index in [0.717, 1.165) is 15.8 Å². The lowest BCUT2D eigenvalue weighted by molar-refractivity contribution is 0.298. The third-order valence-corrected chi connectivity index (χ3v) is 3.26. The SMILES string of the molecule is COc1ccc(Br)cc1COc1ccc(C#N)cc1N. The molecule has 0 amide bonds. The van der Waals surface area contributed by atoms with E-state index in [2.05, 4.69) is 15.9 Å². The number of nitrogens with zero attached hydrogens (tertiary/aromatic N) is 1. The van der Waals surface area contributed by atoms with Gasteiger partial charge in [-0.25, -0.2) is 0 Å². The largest absolute Gasteiger partial charge is 0.496 e. The minimum absolute atomic E-state index is 0.332. The summed E-state index contributed by atoms with van der Waals surface area (Å²) in [6.07, 6.45) is 0. The Morgan fingerprint density at radius 2 is 1.95 bits per heavy atom. The van der Waals surface area contributed by atoms with Gasteiger partial charge >= 0.3 is 0 Å². The Kier molecular flexibility index (Phi) is 4.49. The quantitative estimate of drug-likeness (QED) is 0.870. The number of nitrogens with two attached hydrogens (primary N) is 1. The predicted octanol–water partition coefficient (Wildman–Crippen LogP) is 3.49. The molecule has 102 valence electrons. The first-order valence-corrected chi connectivity index (χ1v) is 6.68. The number of nitrogen functional groups attached to an aromatic ring is 1. The van der Waals surface area contributed by atoms with E-state index < -0.39 is 0 Å². The second-order valence-corrected chi connectivity index (χ2v) is 5.02. The molecular weight excluding hydrogens is 320 g/mol. The third kappa shape index (κ3) is 3.22. The average Bonchev–Trinajstić information content (AvgIpc) is 2.46. The summed E-state index contributed by atoms with van der Waals surface area (Å²) in [5.41, 5.74) is 7.70. The minimum Gasteiger partial charge on any atom is -0.496 e. The standard InChI is InChI=1S/C15H13BrN2O2/c1-19-14-5-3-12(16)7-11(14)9-20-15-4-2-10(8-17)6-13(15)18/h2-7H,9,18H2,1H3. The molecule has 2 rings (SSSR count). The smallest absolute Gasteiger partial charge is 0.142 e. The van der Waals surface area contributed by atoms with Gasteiger partial charge in [0.25, 0.3) is 0 Å². The van der Waals surface area contributed by atoms with Crippen molar-refractivity contribution in [1.29, 1.82) is 5.26 Å². The van der Waals surface area contributed by atoms with Crippen molar-refractivity contribution in [1.82, 2.24) is 0 Å². The van der Waals surface area contributed by atoms with Gasteiger partial charge in [0.05, 0.1) is 24.4 Å². The van der Waals surface area contributed by atoms with Gasteiger partial charge in [0.1, 0.15) is 18.1 Å². The number of ether oxygens (including phenoxy) is 2. The molecule has 0 aliphatic heterocycles. The molecule has 0 aliphatic rings. The van der Waals surface area contributed by atoms with Crippen LogP contribution in [0.15, 0.2) is 40.9 Å². The first-order chi connectivity index (χ1) is 9.63. The average molecular weight is 333 g/mol. The van der Waals surface area contributed by atoms with Crippen LogP contribution in [-0.2, 0) is 6.61 Å². The van der Waals surface area contributed by atoms with Crippen LogP contribution < -0.4 is 15.2 Å². The number of methoxy groups -OCH3 is 1. The van der Waals surface area contributed by atoms with Crippen molar-refractivity contribution in [3.05, 3.63) is 52.0 Å². The van der Waals surface area contributed by atoms with Crippen LogP contribution in [0.4, 0.5) is 5.69 Å². The summed E-state index contributed by atoms with van der Waals surface area (Å²) in [5, 5.41) is 8.79. The Morgan fingerprint density at radius 3 is 2.60 bits per heavy atom. The Labute approximate surface area is 125 Å². The molecule has 4 nitrogen and oxygen atoms in total. The van der Waals surface area contributed by atoms with E-state index >= 15 is 0 Å². The fourth-order valence-electron chi connectivity index (χ4n) is 1.76. The maximum Gasteiger partial charge on any atom is 0.142 e. The highest BCUT2D eigenvalue weighted by Crippen LogP contribution is 2.27. The maximum absolute atomic E-state index is 8.79. The van der Waals surface area contributed by atoms with Gasteiger partial charge in [0.2, 0.25) is 0 Å². The van der Waals surface area contributed by atoms with E-state index in [1.807, 2.05) is 24.3 Å². The van der Waals surface area contributed by atoms with Gasteiger partial charge in [-0.15, -0.1) is 0 Å². The second-order valence-electron chi connectivity index (χ2n) is 4.11. The lowest BCUT2D eigenvalue weighted by atomic mass is 10.2. The van der Waals surface area contributed by atoms with Crippen LogP contribution >= 0.6 is 15.9 Å².